The average Bonchev–Trinajstić information content (AvgIpc) is 2.55. The smallest absolute Gasteiger partial charge is 0.243 e. The van der Waals surface area contributed by atoms with Crippen LogP contribution in [0.15, 0.2) is 12.7 Å². The first-order chi connectivity index (χ1) is 7.76. The van der Waals surface area contributed by atoms with Crippen molar-refractivity contribution in [1.82, 2.24) is 5.32 Å². The molecule has 3 heteroatoms. The molecule has 3 rings (SSSR count). The second-order valence-electron chi connectivity index (χ2n) is 5.34. The van der Waals surface area contributed by atoms with Crippen molar-refractivity contribution in [2.75, 3.05) is 6.61 Å². The van der Waals surface area contributed by atoms with Crippen molar-refractivity contribution < 1.29 is 9.53 Å². The molecule has 1 saturated heterocycles. The van der Waals surface area contributed by atoms with Crippen LogP contribution in [0, 0.1) is 11.8 Å². The normalized spacial score (nSPS) is 45.1. The number of carbonyl (C=O) groups is 1. The van der Waals surface area contributed by atoms with E-state index in [1.54, 1.807) is 0 Å². The minimum atomic E-state index is -0.0384. The van der Waals surface area contributed by atoms with Crippen LogP contribution < -0.4 is 5.32 Å². The van der Waals surface area contributed by atoms with Crippen molar-refractivity contribution in [3.8, 4) is 0 Å². The van der Waals surface area contributed by atoms with Gasteiger partial charge in [0.1, 0.15) is 0 Å². The lowest BCUT2D eigenvalue weighted by atomic mass is 9.53. The van der Waals surface area contributed by atoms with Crippen LogP contribution in [-0.2, 0) is 9.53 Å². The molecule has 1 N–H and O–H groups in total. The topological polar surface area (TPSA) is 38.3 Å². The van der Waals surface area contributed by atoms with Crippen LogP contribution in [0.2, 0.25) is 0 Å². The first kappa shape index (κ1) is 10.3. The number of ether oxygens (including phenoxy) is 1. The Morgan fingerprint density at radius 2 is 2.38 bits per heavy atom. The van der Waals surface area contributed by atoms with Gasteiger partial charge in [-0.1, -0.05) is 6.58 Å². The van der Waals surface area contributed by atoms with E-state index in [-0.39, 0.29) is 11.5 Å². The Labute approximate surface area is 96.2 Å². The van der Waals surface area contributed by atoms with Gasteiger partial charge < -0.3 is 10.1 Å². The summed E-state index contributed by atoms with van der Waals surface area (Å²) in [7, 11) is 0. The minimum absolute atomic E-state index is 0.0384. The molecule has 3 fully saturated rings. The molecule has 2 saturated carbocycles. The standard InChI is InChI=1S/C13H19NO2/c1-2-12(15)14-11-4-3-6-13-9(5-7-16-13)8-10(11)13/h2,9-11H,1,3-8H2,(H,14,15). The van der Waals surface area contributed by atoms with Crippen molar-refractivity contribution in [3.05, 3.63) is 12.7 Å². The van der Waals surface area contributed by atoms with Crippen molar-refractivity contribution in [2.24, 2.45) is 11.8 Å². The second-order valence-corrected chi connectivity index (χ2v) is 5.34. The fourth-order valence-electron chi connectivity index (χ4n) is 4.01. The minimum Gasteiger partial charge on any atom is -0.374 e. The van der Waals surface area contributed by atoms with E-state index in [9.17, 15) is 4.79 Å². The lowest BCUT2D eigenvalue weighted by Crippen LogP contribution is -2.63. The molecule has 1 spiro atoms. The molecule has 3 aliphatic rings. The van der Waals surface area contributed by atoms with E-state index < -0.39 is 0 Å². The molecular weight excluding hydrogens is 202 g/mol. The number of hydrogen-bond acceptors (Lipinski definition) is 2. The highest BCUT2D eigenvalue weighted by Gasteiger charge is 2.62. The highest BCUT2D eigenvalue weighted by Crippen LogP contribution is 2.59. The predicted octanol–water partition coefficient (Wildman–Crippen LogP) is 1.64. The molecule has 3 nitrogen and oxygen atoms in total. The zero-order chi connectivity index (χ0) is 11.2. The van der Waals surface area contributed by atoms with Crippen LogP contribution in [0.25, 0.3) is 0 Å². The summed E-state index contributed by atoms with van der Waals surface area (Å²) in [4.78, 5) is 11.4. The van der Waals surface area contributed by atoms with E-state index in [0.29, 0.717) is 12.0 Å². The van der Waals surface area contributed by atoms with Crippen LogP contribution in [0.3, 0.4) is 0 Å². The molecule has 4 unspecified atom stereocenters. The van der Waals surface area contributed by atoms with Crippen LogP contribution >= 0.6 is 0 Å². The van der Waals surface area contributed by atoms with Crippen LogP contribution in [-0.4, -0.2) is 24.2 Å². The lowest BCUT2D eigenvalue weighted by Gasteiger charge is -2.57. The van der Waals surface area contributed by atoms with Crippen molar-refractivity contribution in [1.29, 1.82) is 0 Å². The summed E-state index contributed by atoms with van der Waals surface area (Å²) in [6.07, 6.45) is 7.30. The fraction of sp³-hybridized carbons (Fsp3) is 0.769. The second kappa shape index (κ2) is 3.59. The largest absolute Gasteiger partial charge is 0.374 e. The van der Waals surface area contributed by atoms with E-state index in [2.05, 4.69) is 11.9 Å². The molecule has 0 aromatic rings. The maximum atomic E-state index is 11.4. The summed E-state index contributed by atoms with van der Waals surface area (Å²) >= 11 is 0. The Kier molecular flexibility index (Phi) is 2.32. The van der Waals surface area contributed by atoms with Gasteiger partial charge in [0.05, 0.1) is 5.60 Å². The third-order valence-electron chi connectivity index (χ3n) is 4.78. The fourth-order valence-corrected chi connectivity index (χ4v) is 4.01. The monoisotopic (exact) mass is 221 g/mol. The Morgan fingerprint density at radius 3 is 3.12 bits per heavy atom. The third-order valence-corrected chi connectivity index (χ3v) is 4.78. The molecule has 0 aromatic carbocycles. The van der Waals surface area contributed by atoms with Gasteiger partial charge in [0.2, 0.25) is 5.91 Å². The summed E-state index contributed by atoms with van der Waals surface area (Å²) in [6.45, 7) is 4.43. The third kappa shape index (κ3) is 1.27. The Bertz CT molecular complexity index is 328. The maximum absolute atomic E-state index is 11.4. The Balaban J connectivity index is 1.73. The molecule has 1 aliphatic heterocycles. The Hall–Kier alpha value is -0.830. The van der Waals surface area contributed by atoms with E-state index in [1.807, 2.05) is 0 Å². The molecule has 2 aliphatic carbocycles. The summed E-state index contributed by atoms with van der Waals surface area (Å²) in [5.41, 5.74) is 0.136. The molecule has 1 amide bonds. The van der Waals surface area contributed by atoms with E-state index in [1.165, 1.54) is 31.8 Å². The number of rotatable bonds is 2. The van der Waals surface area contributed by atoms with Gasteiger partial charge in [-0.2, -0.15) is 0 Å². The van der Waals surface area contributed by atoms with Gasteiger partial charge in [-0.25, -0.2) is 0 Å². The average molecular weight is 221 g/mol. The first-order valence-corrected chi connectivity index (χ1v) is 6.33. The highest BCUT2D eigenvalue weighted by molar-refractivity contribution is 5.87. The van der Waals surface area contributed by atoms with Gasteiger partial charge in [0.25, 0.3) is 0 Å². The van der Waals surface area contributed by atoms with E-state index in [0.717, 1.165) is 18.9 Å². The number of carbonyl (C=O) groups excluding carboxylic acids is 1. The summed E-state index contributed by atoms with van der Waals surface area (Å²) in [5.74, 6) is 1.28. The molecule has 0 radical (unpaired) electrons. The number of hydrogen-bond donors (Lipinski definition) is 1. The van der Waals surface area contributed by atoms with Gasteiger partial charge in [0.15, 0.2) is 0 Å². The van der Waals surface area contributed by atoms with Crippen LogP contribution in [0.1, 0.15) is 32.1 Å². The number of nitrogens with one attached hydrogen (secondary N) is 1. The van der Waals surface area contributed by atoms with E-state index >= 15 is 0 Å². The maximum Gasteiger partial charge on any atom is 0.243 e. The lowest BCUT2D eigenvalue weighted by molar-refractivity contribution is -0.169. The molecular formula is C13H19NO2. The molecule has 4 atom stereocenters. The highest BCUT2D eigenvalue weighted by atomic mass is 16.5. The zero-order valence-electron chi connectivity index (χ0n) is 9.58. The summed E-state index contributed by atoms with van der Waals surface area (Å²) in [5, 5.41) is 3.07. The van der Waals surface area contributed by atoms with E-state index in [4.69, 9.17) is 4.74 Å². The van der Waals surface area contributed by atoms with Gasteiger partial charge in [0, 0.05) is 18.6 Å². The summed E-state index contributed by atoms with van der Waals surface area (Å²) in [6, 6.07) is 0.314. The molecule has 1 heterocycles. The molecule has 16 heavy (non-hydrogen) atoms. The quantitative estimate of drug-likeness (QED) is 0.720. The molecule has 0 aromatic heterocycles. The zero-order valence-corrected chi connectivity index (χ0v) is 9.58. The first-order valence-electron chi connectivity index (χ1n) is 6.33. The van der Waals surface area contributed by atoms with Crippen LogP contribution in [0.5, 0.6) is 0 Å². The Morgan fingerprint density at radius 1 is 1.50 bits per heavy atom. The van der Waals surface area contributed by atoms with Crippen molar-refractivity contribution in [3.63, 3.8) is 0 Å². The van der Waals surface area contributed by atoms with Crippen LogP contribution in [0.4, 0.5) is 0 Å². The van der Waals surface area contributed by atoms with Gasteiger partial charge in [-0.3, -0.25) is 4.79 Å². The number of amides is 1. The van der Waals surface area contributed by atoms with Gasteiger partial charge in [-0.05, 0) is 44.1 Å². The molecule has 0 bridgehead atoms. The summed E-state index contributed by atoms with van der Waals surface area (Å²) < 4.78 is 6.01. The van der Waals surface area contributed by atoms with Gasteiger partial charge in [-0.15, -0.1) is 0 Å². The molecule has 88 valence electrons. The SMILES string of the molecule is C=CC(=O)NC1CCCC23OCCC2CC13. The predicted molar refractivity (Wildman–Crippen MR) is 60.9 cm³/mol. The van der Waals surface area contributed by atoms with Gasteiger partial charge >= 0.3 is 0 Å². The van der Waals surface area contributed by atoms with Crippen molar-refractivity contribution >= 4 is 5.91 Å². The van der Waals surface area contributed by atoms with Crippen molar-refractivity contribution in [2.45, 2.75) is 43.7 Å².